The molecule has 2 amide bonds. The van der Waals surface area contributed by atoms with E-state index in [0.717, 1.165) is 35.3 Å². The van der Waals surface area contributed by atoms with E-state index in [0.29, 0.717) is 12.6 Å². The molecule has 0 atom stereocenters. The van der Waals surface area contributed by atoms with Crippen molar-refractivity contribution in [2.45, 2.75) is 39.3 Å². The van der Waals surface area contributed by atoms with Crippen molar-refractivity contribution in [1.29, 1.82) is 0 Å². The summed E-state index contributed by atoms with van der Waals surface area (Å²) in [6.07, 6.45) is 4.22. The van der Waals surface area contributed by atoms with Crippen LogP contribution in [0.4, 0.5) is 10.5 Å². The topological polar surface area (TPSA) is 37.3 Å². The van der Waals surface area contributed by atoms with Crippen LogP contribution in [-0.2, 0) is 13.6 Å². The Labute approximate surface area is 131 Å². The number of carbonyl (C=O) groups is 1. The van der Waals surface area contributed by atoms with Gasteiger partial charge in [0.1, 0.15) is 0 Å². The van der Waals surface area contributed by atoms with Gasteiger partial charge in [-0.1, -0.05) is 18.2 Å². The number of para-hydroxylation sites is 1. The Morgan fingerprint density at radius 2 is 1.91 bits per heavy atom. The van der Waals surface area contributed by atoms with E-state index in [9.17, 15) is 4.79 Å². The van der Waals surface area contributed by atoms with E-state index >= 15 is 0 Å². The molecule has 1 aromatic carbocycles. The number of hydrogen-bond donors (Lipinski definition) is 1. The molecule has 0 radical (unpaired) electrons. The van der Waals surface area contributed by atoms with E-state index in [2.05, 4.69) is 16.0 Å². The highest BCUT2D eigenvalue weighted by molar-refractivity contribution is 5.91. The molecule has 0 spiro atoms. The zero-order valence-corrected chi connectivity index (χ0v) is 13.5. The van der Waals surface area contributed by atoms with Gasteiger partial charge in [0.25, 0.3) is 0 Å². The molecule has 1 aliphatic rings. The molecule has 1 fully saturated rings. The number of aromatic nitrogens is 1. The van der Waals surface area contributed by atoms with Crippen LogP contribution in [0, 0.1) is 13.8 Å². The van der Waals surface area contributed by atoms with Gasteiger partial charge in [-0.15, -0.1) is 0 Å². The molecule has 22 heavy (non-hydrogen) atoms. The first-order chi connectivity index (χ1) is 10.6. The van der Waals surface area contributed by atoms with Gasteiger partial charge in [0.15, 0.2) is 0 Å². The highest BCUT2D eigenvalue weighted by atomic mass is 16.2. The normalized spacial score (nSPS) is 14.0. The highest BCUT2D eigenvalue weighted by Gasteiger charge is 2.33. The molecular formula is C18H23N3O. The molecule has 2 aromatic rings. The van der Waals surface area contributed by atoms with Gasteiger partial charge in [-0.25, -0.2) is 4.79 Å². The number of urea groups is 1. The van der Waals surface area contributed by atoms with E-state index in [1.807, 2.05) is 56.3 Å². The average molecular weight is 297 g/mol. The smallest absolute Gasteiger partial charge is 0.322 e. The molecule has 1 aliphatic carbocycles. The number of nitrogens with one attached hydrogen (secondary N) is 1. The molecular weight excluding hydrogens is 274 g/mol. The molecule has 1 saturated carbocycles. The van der Waals surface area contributed by atoms with Crippen molar-refractivity contribution in [3.63, 3.8) is 0 Å². The molecule has 0 unspecified atom stereocenters. The third kappa shape index (κ3) is 3.01. The maximum absolute atomic E-state index is 12.7. The number of rotatable bonds is 4. The molecule has 116 valence electrons. The SMILES string of the molecule is Cc1cccc(C)c1NC(=O)N(Cc1cccn1C)C1CC1. The summed E-state index contributed by atoms with van der Waals surface area (Å²) in [7, 11) is 2.02. The number of carbonyl (C=O) groups excluding carboxylic acids is 1. The summed E-state index contributed by atoms with van der Waals surface area (Å²) in [5, 5.41) is 3.11. The second kappa shape index (κ2) is 5.87. The summed E-state index contributed by atoms with van der Waals surface area (Å²) in [5.41, 5.74) is 4.29. The summed E-state index contributed by atoms with van der Waals surface area (Å²) in [6.45, 7) is 4.72. The Bertz CT molecular complexity index is 665. The molecule has 1 N–H and O–H groups in total. The van der Waals surface area contributed by atoms with E-state index in [-0.39, 0.29) is 6.03 Å². The Balaban J connectivity index is 1.77. The Morgan fingerprint density at radius 3 is 2.45 bits per heavy atom. The fraction of sp³-hybridized carbons (Fsp3) is 0.389. The van der Waals surface area contributed by atoms with Crippen LogP contribution in [-0.4, -0.2) is 21.5 Å². The summed E-state index contributed by atoms with van der Waals surface area (Å²) in [4.78, 5) is 14.7. The van der Waals surface area contributed by atoms with Crippen molar-refractivity contribution >= 4 is 11.7 Å². The maximum atomic E-state index is 12.7. The first-order valence-corrected chi connectivity index (χ1v) is 7.80. The van der Waals surface area contributed by atoms with Gasteiger partial charge in [0, 0.05) is 30.7 Å². The lowest BCUT2D eigenvalue weighted by Gasteiger charge is -2.24. The van der Waals surface area contributed by atoms with Crippen molar-refractivity contribution in [3.05, 3.63) is 53.3 Å². The zero-order chi connectivity index (χ0) is 15.7. The third-order valence-corrected chi connectivity index (χ3v) is 4.35. The minimum atomic E-state index is 0.00102. The van der Waals surface area contributed by atoms with Crippen molar-refractivity contribution in [2.24, 2.45) is 7.05 Å². The predicted octanol–water partition coefficient (Wildman–Crippen LogP) is 3.84. The van der Waals surface area contributed by atoms with Gasteiger partial charge < -0.3 is 14.8 Å². The second-order valence-corrected chi connectivity index (χ2v) is 6.17. The molecule has 3 rings (SSSR count). The van der Waals surface area contributed by atoms with Crippen molar-refractivity contribution in [2.75, 3.05) is 5.32 Å². The zero-order valence-electron chi connectivity index (χ0n) is 13.5. The average Bonchev–Trinajstić information content (AvgIpc) is 3.24. The number of hydrogen-bond acceptors (Lipinski definition) is 1. The van der Waals surface area contributed by atoms with Crippen LogP contribution in [0.1, 0.15) is 29.7 Å². The molecule has 0 aliphatic heterocycles. The Kier molecular flexibility index (Phi) is 3.92. The van der Waals surface area contributed by atoms with Gasteiger partial charge >= 0.3 is 6.03 Å². The summed E-state index contributed by atoms with van der Waals surface area (Å²) < 4.78 is 2.07. The van der Waals surface area contributed by atoms with Crippen LogP contribution in [0.5, 0.6) is 0 Å². The summed E-state index contributed by atoms with van der Waals surface area (Å²) >= 11 is 0. The lowest BCUT2D eigenvalue weighted by molar-refractivity contribution is 0.205. The lowest BCUT2D eigenvalue weighted by atomic mass is 10.1. The maximum Gasteiger partial charge on any atom is 0.322 e. The van der Waals surface area contributed by atoms with Crippen LogP contribution < -0.4 is 5.32 Å². The quantitative estimate of drug-likeness (QED) is 0.914. The van der Waals surface area contributed by atoms with Crippen LogP contribution in [0.15, 0.2) is 36.5 Å². The van der Waals surface area contributed by atoms with Gasteiger partial charge in [-0.2, -0.15) is 0 Å². The van der Waals surface area contributed by atoms with Crippen LogP contribution >= 0.6 is 0 Å². The standard InChI is InChI=1S/C18H23N3O/c1-13-6-4-7-14(2)17(13)19-18(22)21(15-9-10-15)12-16-8-5-11-20(16)3/h4-8,11,15H,9-10,12H2,1-3H3,(H,19,22). The van der Waals surface area contributed by atoms with Crippen molar-refractivity contribution < 1.29 is 4.79 Å². The number of benzene rings is 1. The summed E-state index contributed by atoms with van der Waals surface area (Å²) in [5.74, 6) is 0. The molecule has 0 saturated heterocycles. The second-order valence-electron chi connectivity index (χ2n) is 6.17. The first-order valence-electron chi connectivity index (χ1n) is 7.80. The number of aryl methyl sites for hydroxylation is 3. The Hall–Kier alpha value is -2.23. The van der Waals surface area contributed by atoms with E-state index < -0.39 is 0 Å². The largest absolute Gasteiger partial charge is 0.353 e. The third-order valence-electron chi connectivity index (χ3n) is 4.35. The molecule has 0 bridgehead atoms. The first kappa shape index (κ1) is 14.7. The van der Waals surface area contributed by atoms with Crippen LogP contribution in [0.2, 0.25) is 0 Å². The van der Waals surface area contributed by atoms with E-state index in [1.165, 1.54) is 0 Å². The monoisotopic (exact) mass is 297 g/mol. The minimum Gasteiger partial charge on any atom is -0.353 e. The molecule has 1 heterocycles. The molecule has 4 heteroatoms. The minimum absolute atomic E-state index is 0.00102. The van der Waals surface area contributed by atoms with Gasteiger partial charge in [-0.05, 0) is 49.9 Å². The van der Waals surface area contributed by atoms with Crippen molar-refractivity contribution in [3.8, 4) is 0 Å². The lowest BCUT2D eigenvalue weighted by Crippen LogP contribution is -2.37. The fourth-order valence-electron chi connectivity index (χ4n) is 2.78. The highest BCUT2D eigenvalue weighted by Crippen LogP contribution is 2.30. The van der Waals surface area contributed by atoms with E-state index in [1.54, 1.807) is 0 Å². The van der Waals surface area contributed by atoms with Gasteiger partial charge in [0.05, 0.1) is 6.54 Å². The number of amides is 2. The van der Waals surface area contributed by atoms with Crippen molar-refractivity contribution in [1.82, 2.24) is 9.47 Å². The number of nitrogens with zero attached hydrogens (tertiary/aromatic N) is 2. The molecule has 4 nitrogen and oxygen atoms in total. The van der Waals surface area contributed by atoms with Crippen LogP contribution in [0.3, 0.4) is 0 Å². The van der Waals surface area contributed by atoms with Gasteiger partial charge in [0.2, 0.25) is 0 Å². The fourth-order valence-corrected chi connectivity index (χ4v) is 2.78. The van der Waals surface area contributed by atoms with Gasteiger partial charge in [-0.3, -0.25) is 0 Å². The predicted molar refractivity (Wildman–Crippen MR) is 88.9 cm³/mol. The van der Waals surface area contributed by atoms with Crippen LogP contribution in [0.25, 0.3) is 0 Å². The van der Waals surface area contributed by atoms with E-state index in [4.69, 9.17) is 0 Å². The molecule has 1 aromatic heterocycles. The Morgan fingerprint density at radius 1 is 1.23 bits per heavy atom. The number of anilines is 1. The summed E-state index contributed by atoms with van der Waals surface area (Å²) in [6, 6.07) is 10.5.